The summed E-state index contributed by atoms with van der Waals surface area (Å²) in [5.74, 6) is 0.388. The van der Waals surface area contributed by atoms with Crippen molar-refractivity contribution in [2.75, 3.05) is 25.0 Å². The number of piperidine rings is 1. The number of rotatable bonds is 6. The van der Waals surface area contributed by atoms with Crippen molar-refractivity contribution >= 4 is 22.6 Å². The maximum absolute atomic E-state index is 12.2. The highest BCUT2D eigenvalue weighted by atomic mass is 16.5. The number of hydrogen-bond donors (Lipinski definition) is 2. The number of H-pyrrole nitrogens is 1. The number of aromatic nitrogens is 3. The molecule has 1 aliphatic rings. The van der Waals surface area contributed by atoms with Crippen LogP contribution in [0.15, 0.2) is 36.7 Å². The molecule has 0 spiro atoms. The van der Waals surface area contributed by atoms with Gasteiger partial charge in [-0.1, -0.05) is 6.07 Å². The number of hydrogen-bond acceptors (Lipinski definition) is 6. The van der Waals surface area contributed by atoms with Gasteiger partial charge in [-0.3, -0.25) is 4.79 Å². The Morgan fingerprint density at radius 3 is 3.17 bits per heavy atom. The first-order chi connectivity index (χ1) is 14.7. The minimum atomic E-state index is -0.120. The Kier molecular flexibility index (Phi) is 5.80. The van der Waals surface area contributed by atoms with Crippen LogP contribution >= 0.6 is 0 Å². The number of ether oxygens (including phenoxy) is 1. The van der Waals surface area contributed by atoms with Gasteiger partial charge >= 0.3 is 0 Å². The second-order valence-electron chi connectivity index (χ2n) is 7.15. The molecule has 0 unspecified atom stereocenters. The zero-order valence-electron chi connectivity index (χ0n) is 16.6. The molecule has 30 heavy (non-hydrogen) atoms. The molecule has 1 aliphatic heterocycles. The molecule has 3 aromatic rings. The van der Waals surface area contributed by atoms with Crippen LogP contribution in [0.1, 0.15) is 19.3 Å². The number of fused-ring (bicyclic) bond motifs is 1. The number of nitriles is 1. The quantitative estimate of drug-likeness (QED) is 0.655. The summed E-state index contributed by atoms with van der Waals surface area (Å²) in [6.45, 7) is 5.25. The normalized spacial score (nSPS) is 16.3. The van der Waals surface area contributed by atoms with E-state index in [2.05, 4.69) is 27.2 Å². The van der Waals surface area contributed by atoms with Gasteiger partial charge in [-0.25, -0.2) is 9.97 Å². The third kappa shape index (κ3) is 4.06. The zero-order chi connectivity index (χ0) is 20.9. The van der Waals surface area contributed by atoms with Crippen LogP contribution in [-0.4, -0.2) is 51.5 Å². The maximum Gasteiger partial charge on any atom is 0.236 e. The van der Waals surface area contributed by atoms with Crippen molar-refractivity contribution in [3.8, 4) is 23.2 Å². The van der Waals surface area contributed by atoms with Gasteiger partial charge < -0.3 is 19.9 Å². The van der Waals surface area contributed by atoms with E-state index in [0.717, 1.165) is 40.8 Å². The van der Waals surface area contributed by atoms with E-state index in [0.29, 0.717) is 25.6 Å². The summed E-state index contributed by atoms with van der Waals surface area (Å²) in [7, 11) is 0. The highest BCUT2D eigenvalue weighted by Gasteiger charge is 2.25. The molecular formula is C22H23N6O2. The van der Waals surface area contributed by atoms with E-state index >= 15 is 0 Å². The number of anilines is 1. The van der Waals surface area contributed by atoms with Gasteiger partial charge in [0.1, 0.15) is 12.1 Å². The number of carbonyl (C=O) groups is 1. The molecule has 8 heteroatoms. The molecule has 1 amide bonds. The molecule has 8 nitrogen and oxygen atoms in total. The van der Waals surface area contributed by atoms with Gasteiger partial charge in [0.05, 0.1) is 24.1 Å². The fraction of sp³-hybridized carbons (Fsp3) is 0.318. The summed E-state index contributed by atoms with van der Waals surface area (Å²) in [4.78, 5) is 26.2. The van der Waals surface area contributed by atoms with Crippen LogP contribution < -0.4 is 10.1 Å². The summed E-state index contributed by atoms with van der Waals surface area (Å²) in [6.07, 6.45) is 5.38. The molecule has 0 aliphatic carbocycles. The minimum Gasteiger partial charge on any atom is -0.478 e. The van der Waals surface area contributed by atoms with Crippen LogP contribution in [0.3, 0.4) is 0 Å². The number of nitrogens with one attached hydrogen (secondary N) is 2. The SMILES string of the molecule is [CH2]COc1cccc(-c2cnc3[nH]ccc3c2N[C@@H]2CCCN(C(=O)CC#N)C2)n1. The molecule has 0 saturated carbocycles. The van der Waals surface area contributed by atoms with E-state index < -0.39 is 0 Å². The van der Waals surface area contributed by atoms with E-state index in [1.807, 2.05) is 30.5 Å². The minimum absolute atomic E-state index is 0.0694. The van der Waals surface area contributed by atoms with E-state index in [-0.39, 0.29) is 18.4 Å². The van der Waals surface area contributed by atoms with Crippen LogP contribution in [0.5, 0.6) is 5.88 Å². The maximum atomic E-state index is 12.2. The molecule has 1 saturated heterocycles. The van der Waals surface area contributed by atoms with Crippen molar-refractivity contribution in [3.05, 3.63) is 43.6 Å². The number of pyridine rings is 2. The lowest BCUT2D eigenvalue weighted by Gasteiger charge is -2.34. The molecule has 1 fully saturated rings. The highest BCUT2D eigenvalue weighted by molar-refractivity contribution is 5.97. The topological polar surface area (TPSA) is 107 Å². The molecule has 0 aromatic carbocycles. The average molecular weight is 403 g/mol. The van der Waals surface area contributed by atoms with Gasteiger partial charge in [0.25, 0.3) is 0 Å². The largest absolute Gasteiger partial charge is 0.478 e. The van der Waals surface area contributed by atoms with Crippen molar-refractivity contribution in [2.24, 2.45) is 0 Å². The molecule has 4 rings (SSSR count). The second-order valence-corrected chi connectivity index (χ2v) is 7.15. The lowest BCUT2D eigenvalue weighted by molar-refractivity contribution is -0.131. The van der Waals surface area contributed by atoms with E-state index in [1.165, 1.54) is 0 Å². The van der Waals surface area contributed by atoms with Crippen molar-refractivity contribution < 1.29 is 9.53 Å². The third-order valence-electron chi connectivity index (χ3n) is 5.19. The summed E-state index contributed by atoms with van der Waals surface area (Å²) in [5.41, 5.74) is 3.30. The third-order valence-corrected chi connectivity index (χ3v) is 5.19. The zero-order valence-corrected chi connectivity index (χ0v) is 16.6. The van der Waals surface area contributed by atoms with E-state index in [1.54, 1.807) is 17.2 Å². The summed E-state index contributed by atoms with van der Waals surface area (Å²) >= 11 is 0. The number of aromatic amines is 1. The predicted molar refractivity (Wildman–Crippen MR) is 114 cm³/mol. The summed E-state index contributed by atoms with van der Waals surface area (Å²) in [6, 6.07) is 9.60. The monoisotopic (exact) mass is 403 g/mol. The van der Waals surface area contributed by atoms with Crippen LogP contribution in [-0.2, 0) is 4.79 Å². The Morgan fingerprint density at radius 1 is 1.43 bits per heavy atom. The Bertz CT molecular complexity index is 1090. The van der Waals surface area contributed by atoms with Crippen LogP contribution in [0, 0.1) is 18.3 Å². The Labute approximate surface area is 174 Å². The van der Waals surface area contributed by atoms with Gasteiger partial charge in [-0.15, -0.1) is 0 Å². The predicted octanol–water partition coefficient (Wildman–Crippen LogP) is 3.15. The van der Waals surface area contributed by atoms with Crippen molar-refractivity contribution in [1.82, 2.24) is 19.9 Å². The molecular weight excluding hydrogens is 380 g/mol. The first-order valence-electron chi connectivity index (χ1n) is 9.96. The molecule has 2 N–H and O–H groups in total. The Morgan fingerprint density at radius 2 is 2.33 bits per heavy atom. The van der Waals surface area contributed by atoms with Gasteiger partial charge in [0.2, 0.25) is 11.8 Å². The average Bonchev–Trinajstić information content (AvgIpc) is 3.24. The van der Waals surface area contributed by atoms with Crippen LogP contribution in [0.2, 0.25) is 0 Å². The number of carbonyl (C=O) groups excluding carboxylic acids is 1. The first-order valence-corrected chi connectivity index (χ1v) is 9.96. The molecule has 1 radical (unpaired) electrons. The number of likely N-dealkylation sites (tertiary alicyclic amines) is 1. The molecule has 153 valence electrons. The number of amides is 1. The fourth-order valence-corrected chi connectivity index (χ4v) is 3.81. The van der Waals surface area contributed by atoms with Crippen molar-refractivity contribution in [1.29, 1.82) is 5.26 Å². The number of nitrogens with zero attached hydrogens (tertiary/aromatic N) is 4. The summed E-state index contributed by atoms with van der Waals surface area (Å²) < 4.78 is 5.45. The Hall–Kier alpha value is -3.60. The van der Waals surface area contributed by atoms with Gasteiger partial charge in [0.15, 0.2) is 0 Å². The van der Waals surface area contributed by atoms with E-state index in [4.69, 9.17) is 10.00 Å². The highest BCUT2D eigenvalue weighted by Crippen LogP contribution is 2.34. The van der Waals surface area contributed by atoms with E-state index in [9.17, 15) is 4.79 Å². The first kappa shape index (κ1) is 19.7. The molecule has 4 heterocycles. The standard InChI is InChI=1S/C22H23N6O2/c1-2-30-19-7-3-6-18(27-19)17-13-25-22-16(9-11-24-22)21(17)26-15-5-4-12-28(14-15)20(29)8-10-23/h3,6-7,9,11,13,15H,1-2,4-5,8,12,14H2,(H2,24,25,26)/t15-/m1/s1. The molecule has 3 aromatic heterocycles. The van der Waals surface area contributed by atoms with Gasteiger partial charge in [0, 0.05) is 48.5 Å². The molecule has 1 atom stereocenters. The van der Waals surface area contributed by atoms with Crippen LogP contribution in [0.25, 0.3) is 22.3 Å². The second kappa shape index (κ2) is 8.82. The molecule has 0 bridgehead atoms. The fourth-order valence-electron chi connectivity index (χ4n) is 3.81. The smallest absolute Gasteiger partial charge is 0.236 e. The lowest BCUT2D eigenvalue weighted by Crippen LogP contribution is -2.45. The van der Waals surface area contributed by atoms with Crippen molar-refractivity contribution in [3.63, 3.8) is 0 Å². The lowest BCUT2D eigenvalue weighted by atomic mass is 10.0. The Balaban J connectivity index is 1.67. The van der Waals surface area contributed by atoms with Crippen LogP contribution in [0.4, 0.5) is 5.69 Å². The van der Waals surface area contributed by atoms with Crippen molar-refractivity contribution in [2.45, 2.75) is 25.3 Å². The van der Waals surface area contributed by atoms with Gasteiger partial charge in [-0.05, 0) is 31.9 Å². The summed E-state index contributed by atoms with van der Waals surface area (Å²) in [5, 5.41) is 13.4. The van der Waals surface area contributed by atoms with Gasteiger partial charge in [-0.2, -0.15) is 5.26 Å².